The number of fused-ring (bicyclic) bond motifs is 1. The van der Waals surface area contributed by atoms with E-state index in [-0.39, 0.29) is 28.8 Å². The zero-order valence-corrected chi connectivity index (χ0v) is 14.9. The fraction of sp³-hybridized carbons (Fsp3) is 0.250. The first kappa shape index (κ1) is 19.1. The number of allylic oxidation sites excluding steroid dienone is 1. The number of rotatable bonds is 3. The van der Waals surface area contributed by atoms with E-state index in [0.717, 1.165) is 12.1 Å². The maximum absolute atomic E-state index is 14.5. The van der Waals surface area contributed by atoms with Gasteiger partial charge in [-0.15, -0.1) is 0 Å². The highest BCUT2D eigenvalue weighted by atomic mass is 19.2. The molecule has 0 unspecified atom stereocenters. The van der Waals surface area contributed by atoms with Gasteiger partial charge >= 0.3 is 5.97 Å². The SMILES string of the molecule is C[C@]1(OC(=O)c2ccc([N+](=O)[O-])cc2)C[C@H]2C=C[C@@H]1c1c(F)c(F)c(F)c(F)c12. The Bertz CT molecular complexity index is 1080. The van der Waals surface area contributed by atoms with Crippen molar-refractivity contribution in [3.05, 3.63) is 86.5 Å². The Morgan fingerprint density at radius 3 is 2.21 bits per heavy atom. The van der Waals surface area contributed by atoms with Crippen LogP contribution in [-0.2, 0) is 4.74 Å². The minimum absolute atomic E-state index is 0.0272. The molecule has 3 atom stereocenters. The normalized spacial score (nSPS) is 24.3. The van der Waals surface area contributed by atoms with Crippen LogP contribution in [0.3, 0.4) is 0 Å². The van der Waals surface area contributed by atoms with E-state index in [0.29, 0.717) is 0 Å². The number of carbonyl (C=O) groups is 1. The molecule has 0 saturated carbocycles. The van der Waals surface area contributed by atoms with Gasteiger partial charge in [0.2, 0.25) is 0 Å². The van der Waals surface area contributed by atoms with E-state index in [1.807, 2.05) is 0 Å². The molecule has 0 amide bonds. The average Bonchev–Trinajstić information content (AvgIpc) is 2.70. The summed E-state index contributed by atoms with van der Waals surface area (Å²) in [4.78, 5) is 22.6. The van der Waals surface area contributed by atoms with Crippen molar-refractivity contribution in [2.75, 3.05) is 0 Å². The number of carbonyl (C=O) groups excluding carboxylic acids is 1. The van der Waals surface area contributed by atoms with Gasteiger partial charge in [0.15, 0.2) is 23.3 Å². The minimum atomic E-state index is -1.91. The lowest BCUT2D eigenvalue weighted by Crippen LogP contribution is -2.45. The van der Waals surface area contributed by atoms with E-state index in [4.69, 9.17) is 4.74 Å². The molecular weight excluding hydrogens is 394 g/mol. The third-order valence-corrected chi connectivity index (χ3v) is 5.48. The first-order valence-corrected chi connectivity index (χ1v) is 8.66. The molecule has 0 spiro atoms. The average molecular weight is 407 g/mol. The van der Waals surface area contributed by atoms with Crippen LogP contribution in [-0.4, -0.2) is 16.5 Å². The zero-order valence-electron chi connectivity index (χ0n) is 14.9. The molecule has 5 nitrogen and oxygen atoms in total. The number of non-ortho nitro benzene ring substituents is 1. The van der Waals surface area contributed by atoms with Gasteiger partial charge < -0.3 is 4.74 Å². The Morgan fingerprint density at radius 2 is 1.62 bits per heavy atom. The first-order valence-electron chi connectivity index (χ1n) is 8.66. The fourth-order valence-electron chi connectivity index (χ4n) is 4.11. The van der Waals surface area contributed by atoms with Crippen LogP contribution in [0.15, 0.2) is 36.4 Å². The molecule has 2 aromatic carbocycles. The van der Waals surface area contributed by atoms with E-state index in [1.54, 1.807) is 6.08 Å². The second-order valence-corrected chi connectivity index (χ2v) is 7.26. The van der Waals surface area contributed by atoms with Crippen LogP contribution in [0.4, 0.5) is 23.2 Å². The van der Waals surface area contributed by atoms with Crippen LogP contribution in [0.5, 0.6) is 0 Å². The second kappa shape index (κ2) is 6.40. The van der Waals surface area contributed by atoms with E-state index >= 15 is 0 Å². The van der Waals surface area contributed by atoms with Crippen LogP contribution >= 0.6 is 0 Å². The maximum Gasteiger partial charge on any atom is 0.338 e. The Labute approximate surface area is 161 Å². The van der Waals surface area contributed by atoms with Gasteiger partial charge in [-0.05, 0) is 25.5 Å². The monoisotopic (exact) mass is 407 g/mol. The highest BCUT2D eigenvalue weighted by molar-refractivity contribution is 5.90. The molecule has 0 aliphatic heterocycles. The molecule has 2 aromatic rings. The quantitative estimate of drug-likeness (QED) is 0.138. The highest BCUT2D eigenvalue weighted by Crippen LogP contribution is 2.54. The van der Waals surface area contributed by atoms with Gasteiger partial charge in [0.25, 0.3) is 5.69 Å². The van der Waals surface area contributed by atoms with E-state index in [1.165, 1.54) is 25.1 Å². The Morgan fingerprint density at radius 1 is 1.03 bits per heavy atom. The lowest BCUT2D eigenvalue weighted by Gasteiger charge is -2.46. The number of nitro groups is 1. The van der Waals surface area contributed by atoms with Crippen molar-refractivity contribution < 1.29 is 32.0 Å². The second-order valence-electron chi connectivity index (χ2n) is 7.26. The predicted octanol–water partition coefficient (Wildman–Crippen LogP) is 4.91. The molecule has 3 aliphatic rings. The van der Waals surface area contributed by atoms with Crippen LogP contribution in [0.25, 0.3) is 0 Å². The van der Waals surface area contributed by atoms with Crippen LogP contribution in [0.2, 0.25) is 0 Å². The summed E-state index contributed by atoms with van der Waals surface area (Å²) in [7, 11) is 0. The predicted molar refractivity (Wildman–Crippen MR) is 92.4 cm³/mol. The third kappa shape index (κ3) is 2.80. The Kier molecular flexibility index (Phi) is 4.21. The lowest BCUT2D eigenvalue weighted by atomic mass is 9.63. The van der Waals surface area contributed by atoms with Crippen molar-refractivity contribution >= 4 is 11.7 Å². The zero-order chi connectivity index (χ0) is 21.1. The lowest BCUT2D eigenvalue weighted by molar-refractivity contribution is -0.384. The van der Waals surface area contributed by atoms with E-state index < -0.39 is 51.6 Å². The van der Waals surface area contributed by atoms with Crippen LogP contribution < -0.4 is 0 Å². The van der Waals surface area contributed by atoms with Crippen molar-refractivity contribution in [2.24, 2.45) is 0 Å². The Balaban J connectivity index is 1.69. The molecule has 9 heteroatoms. The molecular formula is C20H13F4NO4. The first-order chi connectivity index (χ1) is 13.6. The van der Waals surface area contributed by atoms with Crippen molar-refractivity contribution in [2.45, 2.75) is 30.8 Å². The van der Waals surface area contributed by atoms with Gasteiger partial charge in [-0.25, -0.2) is 22.4 Å². The largest absolute Gasteiger partial charge is 0.455 e. The number of ether oxygens (including phenoxy) is 1. The molecule has 150 valence electrons. The van der Waals surface area contributed by atoms with Gasteiger partial charge in [-0.2, -0.15) is 0 Å². The van der Waals surface area contributed by atoms with E-state index in [9.17, 15) is 32.5 Å². The van der Waals surface area contributed by atoms with Crippen molar-refractivity contribution in [1.29, 1.82) is 0 Å². The molecule has 0 saturated heterocycles. The maximum atomic E-state index is 14.5. The Hall–Kier alpha value is -3.23. The molecule has 0 N–H and O–H groups in total. The third-order valence-electron chi connectivity index (χ3n) is 5.48. The summed E-state index contributed by atoms with van der Waals surface area (Å²) in [6.07, 6.45) is 3.08. The number of nitrogens with zero attached hydrogens (tertiary/aromatic N) is 1. The summed E-state index contributed by atoms with van der Waals surface area (Å²) in [5.74, 6) is -9.37. The van der Waals surface area contributed by atoms with Crippen molar-refractivity contribution in [1.82, 2.24) is 0 Å². The van der Waals surface area contributed by atoms with Gasteiger partial charge in [0.05, 0.1) is 10.5 Å². The molecule has 5 rings (SSSR count). The summed E-state index contributed by atoms with van der Waals surface area (Å²) in [6.45, 7) is 1.50. The number of hydrogen-bond acceptors (Lipinski definition) is 4. The molecule has 0 fully saturated rings. The number of esters is 1. The molecule has 0 aromatic heterocycles. The molecule has 0 heterocycles. The molecule has 2 bridgehead atoms. The summed E-state index contributed by atoms with van der Waals surface area (Å²) >= 11 is 0. The summed E-state index contributed by atoms with van der Waals surface area (Å²) < 4.78 is 61.8. The van der Waals surface area contributed by atoms with Crippen molar-refractivity contribution in [3.63, 3.8) is 0 Å². The van der Waals surface area contributed by atoms with Gasteiger partial charge in [-0.1, -0.05) is 12.2 Å². The summed E-state index contributed by atoms with van der Waals surface area (Å²) in [5, 5.41) is 10.7. The molecule has 29 heavy (non-hydrogen) atoms. The molecule has 0 radical (unpaired) electrons. The minimum Gasteiger partial charge on any atom is -0.455 e. The standard InChI is InChI=1S/C20H13F4NO4/c1-20(29-19(26)9-2-5-11(6-3-9)25(27)28)8-10-4-7-12(20)14-13(10)15(21)17(23)18(24)16(14)22/h2-7,10,12H,8H2,1H3/t10-,12-,20+/m1/s1. The summed E-state index contributed by atoms with van der Waals surface area (Å²) in [5.41, 5.74) is -2.16. The molecule has 3 aliphatic carbocycles. The van der Waals surface area contributed by atoms with Crippen molar-refractivity contribution in [3.8, 4) is 0 Å². The smallest absolute Gasteiger partial charge is 0.338 e. The number of hydrogen-bond donors (Lipinski definition) is 0. The number of nitro benzene ring substituents is 1. The number of benzene rings is 2. The van der Waals surface area contributed by atoms with Gasteiger partial charge in [-0.3, -0.25) is 10.1 Å². The van der Waals surface area contributed by atoms with Crippen LogP contribution in [0.1, 0.15) is 46.7 Å². The topological polar surface area (TPSA) is 69.4 Å². The van der Waals surface area contributed by atoms with Gasteiger partial charge in [0.1, 0.15) is 5.60 Å². The highest BCUT2D eigenvalue weighted by Gasteiger charge is 2.51. The van der Waals surface area contributed by atoms with Gasteiger partial charge in [0, 0.05) is 35.1 Å². The summed E-state index contributed by atoms with van der Waals surface area (Å²) in [6, 6.07) is 4.69. The number of halogens is 4. The fourth-order valence-corrected chi connectivity index (χ4v) is 4.11. The van der Waals surface area contributed by atoms with Crippen LogP contribution in [0, 0.1) is 33.4 Å². The van der Waals surface area contributed by atoms with E-state index in [2.05, 4.69) is 0 Å².